The molecule has 8 rings (SSSR count). The van der Waals surface area contributed by atoms with Gasteiger partial charge in [-0.1, -0.05) is 121 Å². The van der Waals surface area contributed by atoms with Crippen LogP contribution in [0.1, 0.15) is 5.56 Å². The lowest BCUT2D eigenvalue weighted by Gasteiger charge is -2.11. The highest BCUT2D eigenvalue weighted by Crippen LogP contribution is 2.33. The van der Waals surface area contributed by atoms with E-state index in [1.165, 1.54) is 0 Å². The number of aromatic nitrogens is 3. The number of hydrogen-bond acceptors (Lipinski definition) is 5. The second-order valence-electron chi connectivity index (χ2n) is 11.9. The molecule has 0 saturated heterocycles. The van der Waals surface area contributed by atoms with E-state index in [-0.39, 0.29) is 0 Å². The molecule has 0 aliphatic heterocycles. The molecule has 0 fully saturated rings. The lowest BCUT2D eigenvalue weighted by molar-refractivity contribution is 1.07. The molecule has 8 aromatic rings. The number of nitriles is 1. The van der Waals surface area contributed by atoms with Crippen molar-refractivity contribution >= 4 is 16.5 Å². The number of benzene rings is 7. The van der Waals surface area contributed by atoms with Crippen molar-refractivity contribution in [2.75, 3.05) is 5.73 Å². The van der Waals surface area contributed by atoms with Crippen LogP contribution in [0.3, 0.4) is 0 Å². The van der Waals surface area contributed by atoms with Crippen molar-refractivity contribution in [3.8, 4) is 73.6 Å². The summed E-state index contributed by atoms with van der Waals surface area (Å²) in [4.78, 5) is 14.5. The smallest absolute Gasteiger partial charge is 0.164 e. The minimum Gasteiger partial charge on any atom is -0.399 e. The molecule has 1 heterocycles. The second-order valence-corrected chi connectivity index (χ2v) is 11.9. The van der Waals surface area contributed by atoms with Gasteiger partial charge >= 0.3 is 0 Å². The van der Waals surface area contributed by atoms with Crippen molar-refractivity contribution in [2.45, 2.75) is 0 Å². The van der Waals surface area contributed by atoms with Crippen LogP contribution in [-0.2, 0) is 0 Å². The summed E-state index contributed by atoms with van der Waals surface area (Å²) >= 11 is 0. The molecular weight excluding hydrogens is 599 g/mol. The molecule has 7 aromatic carbocycles. The Bertz CT molecular complexity index is 2440. The van der Waals surface area contributed by atoms with Gasteiger partial charge in [-0.15, -0.1) is 0 Å². The molecule has 2 N–H and O–H groups in total. The Labute approximate surface area is 284 Å². The molecule has 0 aliphatic rings. The molecule has 0 radical (unpaired) electrons. The lowest BCUT2D eigenvalue weighted by Crippen LogP contribution is -2.00. The van der Waals surface area contributed by atoms with Gasteiger partial charge in [0, 0.05) is 22.4 Å². The zero-order chi connectivity index (χ0) is 33.2. The maximum atomic E-state index is 9.76. The summed E-state index contributed by atoms with van der Waals surface area (Å²) in [6, 6.07) is 57.3. The van der Waals surface area contributed by atoms with E-state index in [0.717, 1.165) is 60.8 Å². The first kappa shape index (κ1) is 29.5. The first-order valence-electron chi connectivity index (χ1n) is 16.0. The largest absolute Gasteiger partial charge is 0.399 e. The molecule has 5 heteroatoms. The quantitative estimate of drug-likeness (QED) is 0.185. The van der Waals surface area contributed by atoms with Gasteiger partial charge in [0.15, 0.2) is 17.5 Å². The van der Waals surface area contributed by atoms with Crippen LogP contribution >= 0.6 is 0 Å². The Kier molecular flexibility index (Phi) is 7.65. The third-order valence-corrected chi connectivity index (χ3v) is 8.63. The van der Waals surface area contributed by atoms with Crippen LogP contribution in [-0.4, -0.2) is 15.0 Å². The highest BCUT2D eigenvalue weighted by molar-refractivity contribution is 5.91. The Morgan fingerprint density at radius 1 is 0.367 bits per heavy atom. The van der Waals surface area contributed by atoms with E-state index in [0.29, 0.717) is 28.7 Å². The van der Waals surface area contributed by atoms with E-state index in [2.05, 4.69) is 72.8 Å². The molecule has 5 nitrogen and oxygen atoms in total. The fourth-order valence-corrected chi connectivity index (χ4v) is 6.10. The van der Waals surface area contributed by atoms with Crippen LogP contribution < -0.4 is 5.73 Å². The zero-order valence-electron chi connectivity index (χ0n) is 26.5. The molecule has 0 bridgehead atoms. The molecule has 0 saturated carbocycles. The Morgan fingerprint density at radius 2 is 0.796 bits per heavy atom. The lowest BCUT2D eigenvalue weighted by atomic mass is 9.94. The standard InChI is InChI=1S/C44H29N5/c45-28-29-22-39(34-12-7-13-41(46)27-34)26-40(23-29)38-21-20-36-24-35(18-19-37(36)25-38)30-14-16-33(17-15-30)44-48-42(31-8-3-1-4-9-31)47-43(49-44)32-10-5-2-6-11-32/h1-27H,46H2. The number of anilines is 1. The molecule has 0 amide bonds. The molecule has 0 aliphatic carbocycles. The van der Waals surface area contributed by atoms with Gasteiger partial charge in [0.25, 0.3) is 0 Å². The molecule has 230 valence electrons. The molecule has 1 aromatic heterocycles. The van der Waals surface area contributed by atoms with Crippen molar-refractivity contribution in [1.82, 2.24) is 15.0 Å². The van der Waals surface area contributed by atoms with Crippen molar-refractivity contribution in [3.05, 3.63) is 169 Å². The number of fused-ring (bicyclic) bond motifs is 1. The fourth-order valence-electron chi connectivity index (χ4n) is 6.10. The van der Waals surface area contributed by atoms with Gasteiger partial charge in [0.05, 0.1) is 11.6 Å². The summed E-state index contributed by atoms with van der Waals surface area (Å²) in [5, 5.41) is 12.0. The van der Waals surface area contributed by atoms with Gasteiger partial charge < -0.3 is 5.73 Å². The summed E-state index contributed by atoms with van der Waals surface area (Å²) in [5.41, 5.74) is 16.4. The summed E-state index contributed by atoms with van der Waals surface area (Å²) in [7, 11) is 0. The van der Waals surface area contributed by atoms with Gasteiger partial charge in [-0.3, -0.25) is 0 Å². The van der Waals surface area contributed by atoms with Gasteiger partial charge in [-0.05, 0) is 86.6 Å². The molecule has 0 atom stereocenters. The monoisotopic (exact) mass is 627 g/mol. The number of rotatable bonds is 6. The summed E-state index contributed by atoms with van der Waals surface area (Å²) in [6.45, 7) is 0. The first-order chi connectivity index (χ1) is 24.1. The predicted octanol–water partition coefficient (Wildman–Crippen LogP) is 10.5. The topological polar surface area (TPSA) is 88.5 Å². The summed E-state index contributed by atoms with van der Waals surface area (Å²) in [5.74, 6) is 1.91. The van der Waals surface area contributed by atoms with Crippen LogP contribution in [0.5, 0.6) is 0 Å². The van der Waals surface area contributed by atoms with Crippen LogP contribution in [0, 0.1) is 11.3 Å². The van der Waals surface area contributed by atoms with E-state index < -0.39 is 0 Å². The van der Waals surface area contributed by atoms with Crippen LogP contribution in [0.2, 0.25) is 0 Å². The number of nitrogen functional groups attached to an aromatic ring is 1. The van der Waals surface area contributed by atoms with Crippen molar-refractivity contribution in [1.29, 1.82) is 5.26 Å². The van der Waals surface area contributed by atoms with E-state index in [1.807, 2.05) is 97.1 Å². The second kappa shape index (κ2) is 12.7. The SMILES string of the molecule is N#Cc1cc(-c2cccc(N)c2)cc(-c2ccc3cc(-c4ccc(-c5nc(-c6ccccc6)nc(-c6ccccc6)n5)cc4)ccc3c2)c1. The number of hydrogen-bond donors (Lipinski definition) is 1. The Hall–Kier alpha value is -6.90. The van der Waals surface area contributed by atoms with Crippen LogP contribution in [0.4, 0.5) is 5.69 Å². The fraction of sp³-hybridized carbons (Fsp3) is 0. The van der Waals surface area contributed by atoms with Gasteiger partial charge in [0.1, 0.15) is 0 Å². The van der Waals surface area contributed by atoms with Crippen LogP contribution in [0.15, 0.2) is 164 Å². The van der Waals surface area contributed by atoms with Crippen LogP contribution in [0.25, 0.3) is 78.3 Å². The van der Waals surface area contributed by atoms with E-state index >= 15 is 0 Å². The van der Waals surface area contributed by atoms with Gasteiger partial charge in [-0.25, -0.2) is 15.0 Å². The maximum Gasteiger partial charge on any atom is 0.164 e. The highest BCUT2D eigenvalue weighted by atomic mass is 15.0. The average molecular weight is 628 g/mol. The first-order valence-corrected chi connectivity index (χ1v) is 16.0. The molecule has 49 heavy (non-hydrogen) atoms. The van der Waals surface area contributed by atoms with E-state index in [4.69, 9.17) is 20.7 Å². The molecular formula is C44H29N5. The Morgan fingerprint density at radius 3 is 1.31 bits per heavy atom. The summed E-state index contributed by atoms with van der Waals surface area (Å²) in [6.07, 6.45) is 0. The normalized spacial score (nSPS) is 10.9. The molecule has 0 unspecified atom stereocenters. The average Bonchev–Trinajstić information content (AvgIpc) is 3.18. The van der Waals surface area contributed by atoms with Gasteiger partial charge in [-0.2, -0.15) is 5.26 Å². The predicted molar refractivity (Wildman–Crippen MR) is 199 cm³/mol. The van der Waals surface area contributed by atoms with E-state index in [9.17, 15) is 5.26 Å². The maximum absolute atomic E-state index is 9.76. The van der Waals surface area contributed by atoms with Crippen molar-refractivity contribution in [2.24, 2.45) is 0 Å². The van der Waals surface area contributed by atoms with Crippen molar-refractivity contribution in [3.63, 3.8) is 0 Å². The van der Waals surface area contributed by atoms with Crippen molar-refractivity contribution < 1.29 is 0 Å². The van der Waals surface area contributed by atoms with E-state index in [1.54, 1.807) is 0 Å². The molecule has 0 spiro atoms. The summed E-state index contributed by atoms with van der Waals surface area (Å²) < 4.78 is 0. The number of nitrogens with two attached hydrogens (primary N) is 1. The van der Waals surface area contributed by atoms with Gasteiger partial charge in [0.2, 0.25) is 0 Å². The minimum absolute atomic E-state index is 0.610. The highest BCUT2D eigenvalue weighted by Gasteiger charge is 2.13. The third-order valence-electron chi connectivity index (χ3n) is 8.63. The minimum atomic E-state index is 0.610. The number of nitrogens with zero attached hydrogens (tertiary/aromatic N) is 4. The third kappa shape index (κ3) is 6.15. The Balaban J connectivity index is 1.11. The zero-order valence-corrected chi connectivity index (χ0v) is 26.5.